The van der Waals surface area contributed by atoms with Crippen molar-refractivity contribution in [2.45, 2.75) is 77.2 Å². The van der Waals surface area contributed by atoms with Crippen molar-refractivity contribution in [3.63, 3.8) is 0 Å². The molecule has 0 aromatic rings. The van der Waals surface area contributed by atoms with Gasteiger partial charge in [0.05, 0.1) is 0 Å². The summed E-state index contributed by atoms with van der Waals surface area (Å²) in [4.78, 5) is 0. The highest BCUT2D eigenvalue weighted by Gasteiger charge is 2.39. The molecular formula is C15H29N. The standard InChI is InChI=1S/C15H29N/c1-3-13-9-5-6-10-14(13)15(2)11-7-4-8-12-16-15/h13-14,16H,3-12H2,1-2H3. The molecular weight excluding hydrogens is 194 g/mol. The summed E-state index contributed by atoms with van der Waals surface area (Å²) in [7, 11) is 0. The lowest BCUT2D eigenvalue weighted by Gasteiger charge is -2.45. The van der Waals surface area contributed by atoms with Crippen LogP contribution >= 0.6 is 0 Å². The highest BCUT2D eigenvalue weighted by Crippen LogP contribution is 2.41. The third-order valence-electron chi connectivity index (χ3n) is 5.15. The van der Waals surface area contributed by atoms with E-state index in [1.54, 1.807) is 0 Å². The second-order valence-electron chi connectivity index (χ2n) is 6.21. The summed E-state index contributed by atoms with van der Waals surface area (Å²) in [6.07, 6.45) is 13.0. The highest BCUT2D eigenvalue weighted by atomic mass is 15.0. The molecule has 0 spiro atoms. The molecule has 1 nitrogen and oxygen atoms in total. The normalized spacial score (nSPS) is 41.6. The average molecular weight is 223 g/mol. The van der Waals surface area contributed by atoms with Crippen molar-refractivity contribution < 1.29 is 0 Å². The lowest BCUT2D eigenvalue weighted by molar-refractivity contribution is 0.106. The number of hydrogen-bond acceptors (Lipinski definition) is 1. The van der Waals surface area contributed by atoms with Gasteiger partial charge in [-0.1, -0.05) is 45.4 Å². The third-order valence-corrected chi connectivity index (χ3v) is 5.15. The van der Waals surface area contributed by atoms with Crippen LogP contribution in [0.1, 0.15) is 71.6 Å². The highest BCUT2D eigenvalue weighted by molar-refractivity contribution is 4.95. The Hall–Kier alpha value is -0.0400. The minimum atomic E-state index is 0.456. The van der Waals surface area contributed by atoms with Crippen molar-refractivity contribution in [1.29, 1.82) is 0 Å². The van der Waals surface area contributed by atoms with Crippen LogP contribution in [0.5, 0.6) is 0 Å². The lowest BCUT2D eigenvalue weighted by Crippen LogP contribution is -2.51. The molecule has 3 unspecified atom stereocenters. The van der Waals surface area contributed by atoms with Gasteiger partial charge in [-0.15, -0.1) is 0 Å². The van der Waals surface area contributed by atoms with E-state index in [1.165, 1.54) is 64.3 Å². The Morgan fingerprint density at radius 3 is 2.69 bits per heavy atom. The van der Waals surface area contributed by atoms with Crippen molar-refractivity contribution >= 4 is 0 Å². The van der Waals surface area contributed by atoms with Crippen LogP contribution in [-0.4, -0.2) is 12.1 Å². The van der Waals surface area contributed by atoms with Crippen LogP contribution in [0, 0.1) is 11.8 Å². The molecule has 1 heterocycles. The molecule has 1 saturated heterocycles. The zero-order valence-corrected chi connectivity index (χ0v) is 11.2. The van der Waals surface area contributed by atoms with E-state index in [9.17, 15) is 0 Å². The van der Waals surface area contributed by atoms with E-state index in [1.807, 2.05) is 0 Å². The number of nitrogens with one attached hydrogen (secondary N) is 1. The Morgan fingerprint density at radius 1 is 1.06 bits per heavy atom. The number of rotatable bonds is 2. The van der Waals surface area contributed by atoms with Crippen molar-refractivity contribution in [3.8, 4) is 0 Å². The predicted octanol–water partition coefficient (Wildman–Crippen LogP) is 4.13. The summed E-state index contributed by atoms with van der Waals surface area (Å²) in [5.41, 5.74) is 0.456. The molecule has 94 valence electrons. The van der Waals surface area contributed by atoms with Crippen molar-refractivity contribution in [1.82, 2.24) is 5.32 Å². The molecule has 16 heavy (non-hydrogen) atoms. The maximum Gasteiger partial charge on any atom is 0.0184 e. The average Bonchev–Trinajstić information content (AvgIpc) is 2.55. The first-order valence-electron chi connectivity index (χ1n) is 7.51. The van der Waals surface area contributed by atoms with E-state index in [-0.39, 0.29) is 0 Å². The summed E-state index contributed by atoms with van der Waals surface area (Å²) in [5.74, 6) is 1.94. The fourth-order valence-corrected chi connectivity index (χ4v) is 4.11. The van der Waals surface area contributed by atoms with Crippen LogP contribution < -0.4 is 5.32 Å². The van der Waals surface area contributed by atoms with Crippen molar-refractivity contribution in [2.24, 2.45) is 11.8 Å². The van der Waals surface area contributed by atoms with Gasteiger partial charge in [0.1, 0.15) is 0 Å². The molecule has 3 atom stereocenters. The lowest BCUT2D eigenvalue weighted by atomic mass is 9.67. The first-order valence-corrected chi connectivity index (χ1v) is 7.51. The van der Waals surface area contributed by atoms with Gasteiger partial charge < -0.3 is 5.32 Å². The van der Waals surface area contributed by atoms with Gasteiger partial charge in [0.15, 0.2) is 0 Å². The molecule has 1 N–H and O–H groups in total. The zero-order chi connectivity index (χ0) is 11.4. The van der Waals surface area contributed by atoms with Gasteiger partial charge in [-0.3, -0.25) is 0 Å². The Morgan fingerprint density at radius 2 is 1.88 bits per heavy atom. The fourth-order valence-electron chi connectivity index (χ4n) is 4.11. The Balaban J connectivity index is 2.06. The van der Waals surface area contributed by atoms with Gasteiger partial charge in [-0.25, -0.2) is 0 Å². The summed E-state index contributed by atoms with van der Waals surface area (Å²) >= 11 is 0. The van der Waals surface area contributed by atoms with E-state index >= 15 is 0 Å². The largest absolute Gasteiger partial charge is 0.311 e. The molecule has 2 rings (SSSR count). The minimum absolute atomic E-state index is 0.456. The van der Waals surface area contributed by atoms with Gasteiger partial charge >= 0.3 is 0 Å². The summed E-state index contributed by atoms with van der Waals surface area (Å²) < 4.78 is 0. The maximum absolute atomic E-state index is 3.89. The predicted molar refractivity (Wildman–Crippen MR) is 70.6 cm³/mol. The fraction of sp³-hybridized carbons (Fsp3) is 1.00. The molecule has 1 saturated carbocycles. The topological polar surface area (TPSA) is 12.0 Å². The van der Waals surface area contributed by atoms with E-state index in [4.69, 9.17) is 0 Å². The quantitative estimate of drug-likeness (QED) is 0.742. The van der Waals surface area contributed by atoms with Crippen LogP contribution in [0.15, 0.2) is 0 Å². The second-order valence-corrected chi connectivity index (χ2v) is 6.21. The van der Waals surface area contributed by atoms with E-state index < -0.39 is 0 Å². The Kier molecular flexibility index (Phi) is 4.29. The summed E-state index contributed by atoms with van der Waals surface area (Å²) in [5, 5.41) is 3.89. The van der Waals surface area contributed by atoms with Crippen LogP contribution in [0.2, 0.25) is 0 Å². The first-order chi connectivity index (χ1) is 7.76. The molecule has 2 aliphatic rings. The Labute approximate surface area is 101 Å². The Bertz CT molecular complexity index is 203. The molecule has 1 aliphatic carbocycles. The number of hydrogen-bond donors (Lipinski definition) is 1. The maximum atomic E-state index is 3.89. The van der Waals surface area contributed by atoms with Crippen LogP contribution in [0.25, 0.3) is 0 Å². The zero-order valence-electron chi connectivity index (χ0n) is 11.2. The van der Waals surface area contributed by atoms with Crippen LogP contribution in [0.4, 0.5) is 0 Å². The molecule has 0 amide bonds. The monoisotopic (exact) mass is 223 g/mol. The summed E-state index contributed by atoms with van der Waals surface area (Å²) in [6.45, 7) is 6.16. The molecule has 0 aromatic heterocycles. The molecule has 0 bridgehead atoms. The molecule has 0 aromatic carbocycles. The van der Waals surface area contributed by atoms with Crippen molar-refractivity contribution in [2.75, 3.05) is 6.54 Å². The van der Waals surface area contributed by atoms with Gasteiger partial charge in [0.25, 0.3) is 0 Å². The second kappa shape index (κ2) is 5.53. The SMILES string of the molecule is CCC1CCCCC1C1(C)CCCCCN1. The van der Waals surface area contributed by atoms with Gasteiger partial charge in [0.2, 0.25) is 0 Å². The molecule has 1 heteroatoms. The first kappa shape index (κ1) is 12.4. The van der Waals surface area contributed by atoms with E-state index in [0.29, 0.717) is 5.54 Å². The molecule has 1 aliphatic heterocycles. The van der Waals surface area contributed by atoms with Crippen LogP contribution in [-0.2, 0) is 0 Å². The van der Waals surface area contributed by atoms with Gasteiger partial charge in [0, 0.05) is 5.54 Å². The van der Waals surface area contributed by atoms with Crippen molar-refractivity contribution in [3.05, 3.63) is 0 Å². The van der Waals surface area contributed by atoms with Gasteiger partial charge in [-0.05, 0) is 44.6 Å². The van der Waals surface area contributed by atoms with E-state index in [2.05, 4.69) is 19.2 Å². The minimum Gasteiger partial charge on any atom is -0.311 e. The van der Waals surface area contributed by atoms with E-state index in [0.717, 1.165) is 11.8 Å². The molecule has 2 fully saturated rings. The summed E-state index contributed by atoms with van der Waals surface area (Å²) in [6, 6.07) is 0. The molecule has 0 radical (unpaired) electrons. The third kappa shape index (κ3) is 2.61. The smallest absolute Gasteiger partial charge is 0.0184 e. The van der Waals surface area contributed by atoms with Gasteiger partial charge in [-0.2, -0.15) is 0 Å². The van der Waals surface area contributed by atoms with Crippen LogP contribution in [0.3, 0.4) is 0 Å².